The third-order valence-corrected chi connectivity index (χ3v) is 2.24. The maximum atomic E-state index is 5.68. The molecule has 0 amide bonds. The molecule has 0 aromatic carbocycles. The van der Waals surface area contributed by atoms with E-state index in [1.165, 1.54) is 0 Å². The number of hydrogen-bond acceptors (Lipinski definition) is 3. The van der Waals surface area contributed by atoms with Crippen LogP contribution in [0.4, 0.5) is 5.69 Å². The van der Waals surface area contributed by atoms with Crippen LogP contribution in [0.3, 0.4) is 0 Å². The Bertz CT molecular complexity index is 358. The van der Waals surface area contributed by atoms with Crippen LogP contribution in [0.25, 0.3) is 0 Å². The van der Waals surface area contributed by atoms with Gasteiger partial charge in [0.05, 0.1) is 0 Å². The second-order valence-corrected chi connectivity index (χ2v) is 3.97. The number of anilines is 1. The molecule has 0 radical (unpaired) electrons. The summed E-state index contributed by atoms with van der Waals surface area (Å²) in [6.45, 7) is 9.28. The molecule has 0 fully saturated rings. The van der Waals surface area contributed by atoms with Crippen molar-refractivity contribution in [2.24, 2.45) is 5.73 Å². The molecule has 3 nitrogen and oxygen atoms in total. The third kappa shape index (κ3) is 3.06. The van der Waals surface area contributed by atoms with Gasteiger partial charge in [0.15, 0.2) is 0 Å². The smallest absolute Gasteiger partial charge is 0.0445 e. The summed E-state index contributed by atoms with van der Waals surface area (Å²) in [5, 5.41) is 0. The zero-order valence-corrected chi connectivity index (χ0v) is 9.75. The van der Waals surface area contributed by atoms with Crippen LogP contribution in [0.2, 0.25) is 0 Å². The molecule has 0 spiro atoms. The summed E-state index contributed by atoms with van der Waals surface area (Å²) >= 11 is 0. The van der Waals surface area contributed by atoms with Crippen molar-refractivity contribution < 1.29 is 0 Å². The normalized spacial score (nSPS) is 10.1. The summed E-state index contributed by atoms with van der Waals surface area (Å²) in [6.07, 6.45) is 1.85. The monoisotopic (exact) mass is 205 g/mol. The highest BCUT2D eigenvalue weighted by atomic mass is 15.1. The largest absolute Gasteiger partial charge is 0.370 e. The minimum atomic E-state index is 0.517. The van der Waals surface area contributed by atoms with Crippen LogP contribution in [0.1, 0.15) is 18.2 Å². The van der Waals surface area contributed by atoms with Crippen LogP contribution in [0.15, 0.2) is 24.4 Å². The second-order valence-electron chi connectivity index (χ2n) is 3.97. The lowest BCUT2D eigenvalue weighted by molar-refractivity contribution is 0.939. The molecule has 0 atom stereocenters. The molecule has 0 aliphatic heterocycles. The van der Waals surface area contributed by atoms with E-state index in [2.05, 4.69) is 22.5 Å². The lowest BCUT2D eigenvalue weighted by Gasteiger charge is -2.22. The van der Waals surface area contributed by atoms with Gasteiger partial charge in [-0.25, -0.2) is 0 Å². The highest BCUT2D eigenvalue weighted by Crippen LogP contribution is 2.19. The van der Waals surface area contributed by atoms with E-state index in [1.54, 1.807) is 0 Å². The van der Waals surface area contributed by atoms with Crippen LogP contribution in [0, 0.1) is 6.92 Å². The molecular formula is C12H19N3. The molecule has 1 aromatic heterocycles. The van der Waals surface area contributed by atoms with Gasteiger partial charge in [0, 0.05) is 43.3 Å². The van der Waals surface area contributed by atoms with Crippen molar-refractivity contribution >= 4 is 5.69 Å². The van der Waals surface area contributed by atoms with Gasteiger partial charge in [-0.1, -0.05) is 12.2 Å². The molecule has 0 saturated heterocycles. The molecule has 1 rings (SSSR count). The predicted octanol–water partition coefficient (Wildman–Crippen LogP) is 1.86. The molecule has 1 heterocycles. The Hall–Kier alpha value is -1.35. The molecule has 0 aliphatic rings. The third-order valence-electron chi connectivity index (χ3n) is 2.24. The summed E-state index contributed by atoms with van der Waals surface area (Å²) in [6, 6.07) is 2.06. The van der Waals surface area contributed by atoms with Crippen molar-refractivity contribution in [2.45, 2.75) is 20.4 Å². The van der Waals surface area contributed by atoms with Crippen molar-refractivity contribution in [3.8, 4) is 0 Å². The Morgan fingerprint density at radius 2 is 2.27 bits per heavy atom. The topological polar surface area (TPSA) is 42.2 Å². The number of nitrogens with two attached hydrogens (primary N) is 1. The zero-order chi connectivity index (χ0) is 11.4. The van der Waals surface area contributed by atoms with Gasteiger partial charge in [0.25, 0.3) is 0 Å². The molecular weight excluding hydrogens is 186 g/mol. The van der Waals surface area contributed by atoms with Crippen molar-refractivity contribution in [3.05, 3.63) is 35.7 Å². The van der Waals surface area contributed by atoms with E-state index < -0.39 is 0 Å². The lowest BCUT2D eigenvalue weighted by Crippen LogP contribution is -2.21. The second kappa shape index (κ2) is 4.94. The van der Waals surface area contributed by atoms with Crippen LogP contribution in [-0.4, -0.2) is 18.6 Å². The van der Waals surface area contributed by atoms with Gasteiger partial charge in [0.2, 0.25) is 0 Å². The first-order valence-electron chi connectivity index (χ1n) is 5.05. The summed E-state index contributed by atoms with van der Waals surface area (Å²) in [4.78, 5) is 6.40. The van der Waals surface area contributed by atoms with Crippen molar-refractivity contribution in [2.75, 3.05) is 18.5 Å². The van der Waals surface area contributed by atoms with E-state index in [-0.39, 0.29) is 0 Å². The molecule has 0 bridgehead atoms. The fraction of sp³-hybridized carbons (Fsp3) is 0.417. The van der Waals surface area contributed by atoms with Crippen molar-refractivity contribution in [1.29, 1.82) is 0 Å². The van der Waals surface area contributed by atoms with Gasteiger partial charge in [0.1, 0.15) is 0 Å². The minimum absolute atomic E-state index is 0.517. The Balaban J connectivity index is 2.99. The quantitative estimate of drug-likeness (QED) is 0.763. The zero-order valence-electron chi connectivity index (χ0n) is 9.75. The van der Waals surface area contributed by atoms with Gasteiger partial charge in [-0.05, 0) is 19.9 Å². The number of nitrogens with zero attached hydrogens (tertiary/aromatic N) is 2. The molecule has 0 unspecified atom stereocenters. The maximum absolute atomic E-state index is 5.68. The van der Waals surface area contributed by atoms with E-state index in [0.717, 1.165) is 29.1 Å². The van der Waals surface area contributed by atoms with Crippen LogP contribution < -0.4 is 10.6 Å². The minimum Gasteiger partial charge on any atom is -0.370 e. The molecule has 3 heteroatoms. The first-order chi connectivity index (χ1) is 7.04. The Kier molecular flexibility index (Phi) is 3.86. The van der Waals surface area contributed by atoms with Crippen molar-refractivity contribution in [1.82, 2.24) is 4.98 Å². The van der Waals surface area contributed by atoms with E-state index >= 15 is 0 Å². The predicted molar refractivity (Wildman–Crippen MR) is 64.9 cm³/mol. The van der Waals surface area contributed by atoms with Gasteiger partial charge >= 0.3 is 0 Å². The fourth-order valence-electron chi connectivity index (χ4n) is 1.58. The highest BCUT2D eigenvalue weighted by Gasteiger charge is 2.07. The number of pyridine rings is 1. The van der Waals surface area contributed by atoms with Gasteiger partial charge in [-0.2, -0.15) is 0 Å². The molecule has 2 N–H and O–H groups in total. The highest BCUT2D eigenvalue weighted by molar-refractivity contribution is 5.53. The number of hydrogen-bond donors (Lipinski definition) is 1. The lowest BCUT2D eigenvalue weighted by atomic mass is 10.2. The Morgan fingerprint density at radius 3 is 2.80 bits per heavy atom. The summed E-state index contributed by atoms with van der Waals surface area (Å²) < 4.78 is 0. The van der Waals surface area contributed by atoms with E-state index in [1.807, 2.05) is 27.1 Å². The Labute approximate surface area is 91.6 Å². The average Bonchev–Trinajstić information content (AvgIpc) is 2.16. The van der Waals surface area contributed by atoms with E-state index in [9.17, 15) is 0 Å². The Morgan fingerprint density at radius 1 is 1.60 bits per heavy atom. The summed E-state index contributed by atoms with van der Waals surface area (Å²) in [5.41, 5.74) is 10.0. The number of rotatable bonds is 4. The number of aryl methyl sites for hydroxylation is 1. The number of likely N-dealkylation sites (N-methyl/N-ethyl adjacent to an activating group) is 1. The van der Waals surface area contributed by atoms with Crippen LogP contribution in [-0.2, 0) is 6.54 Å². The molecule has 0 aliphatic carbocycles. The molecule has 82 valence electrons. The summed E-state index contributed by atoms with van der Waals surface area (Å²) in [5.74, 6) is 0. The van der Waals surface area contributed by atoms with Gasteiger partial charge in [-0.3, -0.25) is 4.98 Å². The van der Waals surface area contributed by atoms with Gasteiger partial charge in [-0.15, -0.1) is 0 Å². The SMILES string of the molecule is C=C(C)CN(C)c1cc(C)ncc1CN. The van der Waals surface area contributed by atoms with Gasteiger partial charge < -0.3 is 10.6 Å². The average molecular weight is 205 g/mol. The van der Waals surface area contributed by atoms with Crippen LogP contribution >= 0.6 is 0 Å². The fourth-order valence-corrected chi connectivity index (χ4v) is 1.58. The first-order valence-corrected chi connectivity index (χ1v) is 5.05. The first kappa shape index (κ1) is 11.7. The standard InChI is InChI=1S/C12H19N3/c1-9(2)8-15(4)12-5-10(3)14-7-11(12)6-13/h5,7H,1,6,8,13H2,2-4H3. The van der Waals surface area contributed by atoms with Crippen LogP contribution in [0.5, 0.6) is 0 Å². The molecule has 1 aromatic rings. The molecule has 15 heavy (non-hydrogen) atoms. The maximum Gasteiger partial charge on any atom is 0.0445 e. The van der Waals surface area contributed by atoms with E-state index in [4.69, 9.17) is 5.73 Å². The van der Waals surface area contributed by atoms with Crippen molar-refractivity contribution in [3.63, 3.8) is 0 Å². The molecule has 0 saturated carbocycles. The summed E-state index contributed by atoms with van der Waals surface area (Å²) in [7, 11) is 2.04. The van der Waals surface area contributed by atoms with E-state index in [0.29, 0.717) is 6.54 Å². The number of aromatic nitrogens is 1.